The molecule has 9 nitrogen and oxygen atoms in total. The van der Waals surface area contributed by atoms with Gasteiger partial charge in [-0.05, 0) is 49.7 Å². The number of carbonyl (C=O) groups excluding carboxylic acids is 3. The molecule has 2 fully saturated rings. The molecule has 11 heteroatoms. The van der Waals surface area contributed by atoms with E-state index in [0.29, 0.717) is 54.0 Å². The Hall–Kier alpha value is -3.37. The number of benzene rings is 1. The Morgan fingerprint density at radius 2 is 1.93 bits per heavy atom. The fourth-order valence-electron chi connectivity index (χ4n) is 7.18. The van der Waals surface area contributed by atoms with Gasteiger partial charge >= 0.3 is 5.97 Å². The van der Waals surface area contributed by atoms with Gasteiger partial charge in [0.25, 0.3) is 0 Å². The predicted molar refractivity (Wildman–Crippen MR) is 163 cm³/mol. The van der Waals surface area contributed by atoms with Gasteiger partial charge in [-0.15, -0.1) is 0 Å². The number of ether oxygens (including phenoxy) is 3. The van der Waals surface area contributed by atoms with Crippen LogP contribution in [0.5, 0.6) is 11.6 Å². The van der Waals surface area contributed by atoms with Crippen molar-refractivity contribution >= 4 is 29.2 Å². The minimum atomic E-state index is -2.61. The maximum Gasteiger partial charge on any atom is 0.307 e. The van der Waals surface area contributed by atoms with Crippen LogP contribution in [0.3, 0.4) is 0 Å². The summed E-state index contributed by atoms with van der Waals surface area (Å²) in [4.78, 5) is 51.3. The van der Waals surface area contributed by atoms with Crippen LogP contribution >= 0.6 is 0 Å². The number of alkyl halides is 2. The van der Waals surface area contributed by atoms with E-state index in [9.17, 15) is 23.2 Å². The van der Waals surface area contributed by atoms with Crippen molar-refractivity contribution in [2.75, 3.05) is 13.7 Å². The van der Waals surface area contributed by atoms with Crippen molar-refractivity contribution in [3.8, 4) is 11.6 Å². The third kappa shape index (κ3) is 7.07. The molecule has 45 heavy (non-hydrogen) atoms. The highest BCUT2D eigenvalue weighted by Crippen LogP contribution is 2.54. The third-order valence-corrected chi connectivity index (χ3v) is 9.89. The summed E-state index contributed by atoms with van der Waals surface area (Å²) in [6, 6.07) is 4.71. The van der Waals surface area contributed by atoms with Gasteiger partial charge in [-0.2, -0.15) is 0 Å². The first-order chi connectivity index (χ1) is 21.4. The number of methoxy groups -OCH3 is 1. The largest absolute Gasteiger partial charge is 0.497 e. The Kier molecular flexibility index (Phi) is 9.65. The van der Waals surface area contributed by atoms with Crippen LogP contribution in [0.4, 0.5) is 8.78 Å². The van der Waals surface area contributed by atoms with E-state index >= 15 is 0 Å². The highest BCUT2D eigenvalue weighted by atomic mass is 19.3. The van der Waals surface area contributed by atoms with E-state index in [1.165, 1.54) is 4.90 Å². The average Bonchev–Trinajstić information content (AvgIpc) is 3.50. The third-order valence-electron chi connectivity index (χ3n) is 9.89. The molecule has 2 aromatic rings. The van der Waals surface area contributed by atoms with E-state index in [-0.39, 0.29) is 30.7 Å². The molecule has 3 aliphatic rings. The topological polar surface area (TPSA) is 108 Å². The van der Waals surface area contributed by atoms with Gasteiger partial charge in [-0.1, -0.05) is 40.5 Å². The van der Waals surface area contributed by atoms with E-state index in [2.05, 4.69) is 0 Å². The standard InChI is InChI=1S/C34H45F2N3O6/c1-6-22-27(19-40)39-18-28(22)44-31-25(37-24-13-12-21(43-5)14-26(24)38-31)11-9-7-8-10-20-16-34(20,17-29(35)36)45-30(41)15-23(32(39)42)33(2,3)4/h12-14,19-20,22-23,27-29H,6-11,15-18H2,1-5H3/t20-,22+,23-,27-,28+,34+/m1/s1. The summed E-state index contributed by atoms with van der Waals surface area (Å²) in [5.41, 5.74) is 0.143. The summed E-state index contributed by atoms with van der Waals surface area (Å²) in [7, 11) is 1.58. The van der Waals surface area contributed by atoms with Crippen LogP contribution in [-0.4, -0.2) is 70.9 Å². The van der Waals surface area contributed by atoms with Crippen molar-refractivity contribution < 1.29 is 37.4 Å². The number of aryl methyl sites for hydroxylation is 1. The minimum absolute atomic E-state index is 0.136. The molecule has 5 rings (SSSR count). The second-order valence-electron chi connectivity index (χ2n) is 13.9. The molecule has 0 spiro atoms. The van der Waals surface area contributed by atoms with E-state index in [4.69, 9.17) is 24.2 Å². The number of nitrogens with zero attached hydrogens (tertiary/aromatic N) is 3. The van der Waals surface area contributed by atoms with Crippen LogP contribution in [0, 0.1) is 23.2 Å². The zero-order valence-electron chi connectivity index (χ0n) is 26.9. The van der Waals surface area contributed by atoms with E-state index < -0.39 is 47.9 Å². The van der Waals surface area contributed by atoms with Crippen LogP contribution < -0.4 is 9.47 Å². The Morgan fingerprint density at radius 1 is 1.16 bits per heavy atom. The van der Waals surface area contributed by atoms with Crippen molar-refractivity contribution in [1.29, 1.82) is 0 Å². The molecule has 0 radical (unpaired) electrons. The molecule has 3 heterocycles. The second kappa shape index (κ2) is 13.2. The lowest BCUT2D eigenvalue weighted by molar-refractivity contribution is -0.160. The average molecular weight is 630 g/mol. The quantitative estimate of drug-likeness (QED) is 0.295. The smallest absolute Gasteiger partial charge is 0.307 e. The molecular weight excluding hydrogens is 584 g/mol. The number of aromatic nitrogens is 2. The molecular formula is C34H45F2N3O6. The molecule has 6 atom stereocenters. The lowest BCUT2D eigenvalue weighted by Gasteiger charge is -2.34. The second-order valence-corrected chi connectivity index (χ2v) is 13.9. The van der Waals surface area contributed by atoms with Gasteiger partial charge in [0.15, 0.2) is 0 Å². The van der Waals surface area contributed by atoms with Gasteiger partial charge in [0.05, 0.1) is 43.1 Å². The van der Waals surface area contributed by atoms with E-state index in [0.717, 1.165) is 25.5 Å². The number of rotatable bonds is 5. The zero-order chi connectivity index (χ0) is 32.5. The summed E-state index contributed by atoms with van der Waals surface area (Å²) in [5.74, 6) is -1.28. The molecule has 1 aromatic heterocycles. The van der Waals surface area contributed by atoms with E-state index in [1.807, 2.05) is 39.8 Å². The highest BCUT2D eigenvalue weighted by Gasteiger charge is 2.59. The molecule has 1 amide bonds. The van der Waals surface area contributed by atoms with Crippen LogP contribution in [0.15, 0.2) is 18.2 Å². The Morgan fingerprint density at radius 3 is 2.60 bits per heavy atom. The van der Waals surface area contributed by atoms with Crippen LogP contribution in [0.2, 0.25) is 0 Å². The summed E-state index contributed by atoms with van der Waals surface area (Å²) >= 11 is 0. The summed E-state index contributed by atoms with van der Waals surface area (Å²) < 4.78 is 45.1. The summed E-state index contributed by atoms with van der Waals surface area (Å²) in [6.07, 6.45) is 1.51. The number of hydrogen-bond acceptors (Lipinski definition) is 8. The zero-order valence-corrected chi connectivity index (χ0v) is 26.9. The maximum atomic E-state index is 14.2. The van der Waals surface area contributed by atoms with Crippen LogP contribution in [0.1, 0.15) is 84.8 Å². The monoisotopic (exact) mass is 629 g/mol. The lowest BCUT2D eigenvalue weighted by atomic mass is 9.77. The van der Waals surface area contributed by atoms with Gasteiger partial charge in [-0.25, -0.2) is 18.7 Å². The molecule has 246 valence electrons. The van der Waals surface area contributed by atoms with Crippen molar-refractivity contribution in [2.45, 2.75) is 110 Å². The summed E-state index contributed by atoms with van der Waals surface area (Å²) in [6.45, 7) is 7.65. The molecule has 1 saturated carbocycles. The number of aldehydes is 1. The molecule has 0 N–H and O–H groups in total. The first-order valence-corrected chi connectivity index (χ1v) is 16.2. The highest BCUT2D eigenvalue weighted by molar-refractivity contribution is 5.87. The minimum Gasteiger partial charge on any atom is -0.497 e. The summed E-state index contributed by atoms with van der Waals surface area (Å²) in [5, 5.41) is 0. The molecule has 1 saturated heterocycles. The van der Waals surface area contributed by atoms with Crippen LogP contribution in [0.25, 0.3) is 11.0 Å². The number of fused-ring (bicyclic) bond motifs is 5. The SMILES string of the molecule is CC[C@@H]1[C@@H]2CN(C(=O)[C@H](C(C)(C)C)CC(=O)O[C@]3(CC(F)F)C[C@H]3CCCCCc3nc4ccc(OC)cc4nc3O2)[C@@H]1C=O. The van der Waals surface area contributed by atoms with Gasteiger partial charge in [0, 0.05) is 24.3 Å². The maximum absolute atomic E-state index is 14.2. The molecule has 0 unspecified atom stereocenters. The Balaban J connectivity index is 1.52. The number of esters is 1. The fraction of sp³-hybridized carbons (Fsp3) is 0.676. The van der Waals surface area contributed by atoms with Gasteiger partial charge in [0.2, 0.25) is 18.2 Å². The number of amides is 1. The first-order valence-electron chi connectivity index (χ1n) is 16.2. The van der Waals surface area contributed by atoms with Gasteiger partial charge < -0.3 is 23.9 Å². The number of hydrogen-bond donors (Lipinski definition) is 0. The van der Waals surface area contributed by atoms with Crippen molar-refractivity contribution in [1.82, 2.24) is 14.9 Å². The molecule has 2 aliphatic heterocycles. The van der Waals surface area contributed by atoms with Crippen LogP contribution in [-0.2, 0) is 25.5 Å². The van der Waals surface area contributed by atoms with Crippen molar-refractivity contribution in [2.24, 2.45) is 23.2 Å². The molecule has 1 aromatic carbocycles. The van der Waals surface area contributed by atoms with Gasteiger partial charge in [-0.3, -0.25) is 9.59 Å². The predicted octanol–water partition coefficient (Wildman–Crippen LogP) is 5.95. The normalized spacial score (nSPS) is 29.7. The Bertz CT molecular complexity index is 1410. The molecule has 2 bridgehead atoms. The van der Waals surface area contributed by atoms with Crippen molar-refractivity contribution in [3.05, 3.63) is 23.9 Å². The van der Waals surface area contributed by atoms with E-state index in [1.54, 1.807) is 13.2 Å². The number of carbonyl (C=O) groups is 3. The molecule has 1 aliphatic carbocycles. The van der Waals surface area contributed by atoms with Crippen molar-refractivity contribution in [3.63, 3.8) is 0 Å². The Labute approximate surface area is 263 Å². The lowest BCUT2D eigenvalue weighted by Crippen LogP contribution is -2.46. The van der Waals surface area contributed by atoms with Gasteiger partial charge in [0.1, 0.15) is 29.4 Å². The first kappa shape index (κ1) is 33.0. The fourth-order valence-corrected chi connectivity index (χ4v) is 7.18. The number of halogens is 2.